The molecule has 0 aliphatic heterocycles. The van der Waals surface area contributed by atoms with E-state index in [9.17, 15) is 4.79 Å². The van der Waals surface area contributed by atoms with Crippen molar-refractivity contribution in [2.75, 3.05) is 19.6 Å². The van der Waals surface area contributed by atoms with E-state index in [1.165, 1.54) is 0 Å². The van der Waals surface area contributed by atoms with Crippen LogP contribution in [0.3, 0.4) is 0 Å². The lowest BCUT2D eigenvalue weighted by Gasteiger charge is -2.30. The average molecular weight is 201 g/mol. The second-order valence-electron chi connectivity index (χ2n) is 4.23. The van der Waals surface area contributed by atoms with Gasteiger partial charge in [-0.05, 0) is 33.4 Å². The Labute approximate surface area is 86.8 Å². The van der Waals surface area contributed by atoms with Crippen molar-refractivity contribution in [3.8, 4) is 0 Å². The second-order valence-corrected chi connectivity index (χ2v) is 4.23. The molecule has 0 bridgehead atoms. The normalized spacial score (nSPS) is 11.9. The van der Waals surface area contributed by atoms with Gasteiger partial charge in [0, 0.05) is 6.54 Å². The van der Waals surface area contributed by atoms with Crippen molar-refractivity contribution in [1.29, 1.82) is 0 Å². The molecule has 0 aromatic carbocycles. The lowest BCUT2D eigenvalue weighted by Crippen LogP contribution is -2.47. The van der Waals surface area contributed by atoms with Crippen LogP contribution in [0, 0.1) is 5.41 Å². The number of hydrazine groups is 1. The highest BCUT2D eigenvalue weighted by Gasteiger charge is 2.28. The first-order valence-electron chi connectivity index (χ1n) is 5.21. The largest absolute Gasteiger partial charge is 0.303 e. The highest BCUT2D eigenvalue weighted by molar-refractivity contribution is 5.81. The predicted molar refractivity (Wildman–Crippen MR) is 58.5 cm³/mol. The van der Waals surface area contributed by atoms with Crippen molar-refractivity contribution < 1.29 is 4.79 Å². The molecule has 4 nitrogen and oxygen atoms in total. The minimum atomic E-state index is -0.417. The van der Waals surface area contributed by atoms with Crippen LogP contribution in [0.15, 0.2) is 0 Å². The Balaban J connectivity index is 4.23. The average Bonchev–Trinajstić information content (AvgIpc) is 2.15. The molecule has 84 valence electrons. The van der Waals surface area contributed by atoms with Crippen molar-refractivity contribution in [3.63, 3.8) is 0 Å². The van der Waals surface area contributed by atoms with Crippen molar-refractivity contribution in [3.05, 3.63) is 0 Å². The van der Waals surface area contributed by atoms with Crippen LogP contribution in [0.4, 0.5) is 0 Å². The van der Waals surface area contributed by atoms with Crippen LogP contribution in [-0.4, -0.2) is 30.4 Å². The van der Waals surface area contributed by atoms with E-state index in [1.807, 2.05) is 13.8 Å². The van der Waals surface area contributed by atoms with Gasteiger partial charge >= 0.3 is 0 Å². The molecule has 0 saturated carbocycles. The van der Waals surface area contributed by atoms with E-state index in [1.54, 1.807) is 0 Å². The SMILES string of the molecule is CCCN(CC)CC(C)(C)C(=O)NN. The maximum absolute atomic E-state index is 11.4. The standard InChI is InChI=1S/C10H23N3O/c1-5-7-13(6-2)8-10(3,4)9(14)12-11/h5-8,11H2,1-4H3,(H,12,14). The molecule has 0 radical (unpaired) electrons. The minimum Gasteiger partial charge on any atom is -0.303 e. The zero-order chi connectivity index (χ0) is 11.2. The summed E-state index contributed by atoms with van der Waals surface area (Å²) in [5.74, 6) is 5.03. The molecule has 0 aliphatic rings. The first-order chi connectivity index (χ1) is 6.47. The molecule has 0 aromatic heterocycles. The minimum absolute atomic E-state index is 0.105. The highest BCUT2D eigenvalue weighted by atomic mass is 16.2. The van der Waals surface area contributed by atoms with Gasteiger partial charge in [-0.3, -0.25) is 10.2 Å². The quantitative estimate of drug-likeness (QED) is 0.378. The Hall–Kier alpha value is -0.610. The zero-order valence-corrected chi connectivity index (χ0v) is 9.76. The number of nitrogens with two attached hydrogens (primary N) is 1. The third-order valence-electron chi connectivity index (χ3n) is 2.35. The van der Waals surface area contributed by atoms with Gasteiger partial charge in [0.1, 0.15) is 0 Å². The lowest BCUT2D eigenvalue weighted by atomic mass is 9.91. The predicted octanol–water partition coefficient (Wildman–Crippen LogP) is 0.734. The molecular weight excluding hydrogens is 178 g/mol. The first-order valence-corrected chi connectivity index (χ1v) is 5.21. The molecule has 0 spiro atoms. The zero-order valence-electron chi connectivity index (χ0n) is 9.76. The van der Waals surface area contributed by atoms with Crippen LogP contribution in [0.2, 0.25) is 0 Å². The Bertz CT molecular complexity index is 180. The summed E-state index contributed by atoms with van der Waals surface area (Å²) in [5, 5.41) is 0. The van der Waals surface area contributed by atoms with Crippen LogP contribution in [0.5, 0.6) is 0 Å². The van der Waals surface area contributed by atoms with E-state index in [-0.39, 0.29) is 5.91 Å². The number of hydrogen-bond acceptors (Lipinski definition) is 3. The fraction of sp³-hybridized carbons (Fsp3) is 0.900. The molecule has 0 saturated heterocycles. The summed E-state index contributed by atoms with van der Waals surface area (Å²) < 4.78 is 0. The molecular formula is C10H23N3O. The maximum Gasteiger partial charge on any atom is 0.240 e. The van der Waals surface area contributed by atoms with Gasteiger partial charge in [-0.25, -0.2) is 5.84 Å². The highest BCUT2D eigenvalue weighted by Crippen LogP contribution is 2.16. The van der Waals surface area contributed by atoms with Gasteiger partial charge in [0.2, 0.25) is 5.91 Å². The summed E-state index contributed by atoms with van der Waals surface area (Å²) in [6, 6.07) is 0. The molecule has 0 aromatic rings. The van der Waals surface area contributed by atoms with Gasteiger partial charge in [0.15, 0.2) is 0 Å². The number of nitrogens with one attached hydrogen (secondary N) is 1. The van der Waals surface area contributed by atoms with Crippen LogP contribution in [0.1, 0.15) is 34.1 Å². The van der Waals surface area contributed by atoms with Gasteiger partial charge in [-0.2, -0.15) is 0 Å². The molecule has 0 atom stereocenters. The van der Waals surface area contributed by atoms with E-state index >= 15 is 0 Å². The Morgan fingerprint density at radius 3 is 2.36 bits per heavy atom. The number of hydrogen-bond donors (Lipinski definition) is 2. The van der Waals surface area contributed by atoms with Gasteiger partial charge in [-0.15, -0.1) is 0 Å². The van der Waals surface area contributed by atoms with Crippen molar-refractivity contribution in [2.45, 2.75) is 34.1 Å². The molecule has 14 heavy (non-hydrogen) atoms. The van der Waals surface area contributed by atoms with Gasteiger partial charge in [0.25, 0.3) is 0 Å². The number of rotatable bonds is 6. The fourth-order valence-corrected chi connectivity index (χ4v) is 1.49. The van der Waals surface area contributed by atoms with E-state index in [0.29, 0.717) is 0 Å². The lowest BCUT2D eigenvalue weighted by molar-refractivity contribution is -0.130. The molecule has 3 N–H and O–H groups in total. The Kier molecular flexibility index (Phi) is 5.72. The molecule has 0 heterocycles. The smallest absolute Gasteiger partial charge is 0.240 e. The summed E-state index contributed by atoms with van der Waals surface area (Å²) in [4.78, 5) is 13.7. The van der Waals surface area contributed by atoms with Crippen molar-refractivity contribution in [1.82, 2.24) is 10.3 Å². The molecule has 1 amide bonds. The molecule has 0 fully saturated rings. The van der Waals surface area contributed by atoms with E-state index in [4.69, 9.17) is 5.84 Å². The number of carbonyl (C=O) groups excluding carboxylic acids is 1. The maximum atomic E-state index is 11.4. The molecule has 4 heteroatoms. The van der Waals surface area contributed by atoms with Crippen molar-refractivity contribution >= 4 is 5.91 Å². The topological polar surface area (TPSA) is 58.4 Å². The van der Waals surface area contributed by atoms with Crippen molar-refractivity contribution in [2.24, 2.45) is 11.3 Å². The first kappa shape index (κ1) is 13.4. The molecule has 0 rings (SSSR count). The second kappa shape index (κ2) is 5.98. The Morgan fingerprint density at radius 1 is 1.43 bits per heavy atom. The van der Waals surface area contributed by atoms with E-state index in [2.05, 4.69) is 24.2 Å². The third-order valence-corrected chi connectivity index (χ3v) is 2.35. The molecule has 0 unspecified atom stereocenters. The fourth-order valence-electron chi connectivity index (χ4n) is 1.49. The number of nitrogens with zero attached hydrogens (tertiary/aromatic N) is 1. The summed E-state index contributed by atoms with van der Waals surface area (Å²) in [7, 11) is 0. The van der Waals surface area contributed by atoms with Crippen LogP contribution < -0.4 is 11.3 Å². The van der Waals surface area contributed by atoms with Gasteiger partial charge in [-0.1, -0.05) is 13.8 Å². The molecule has 0 aliphatic carbocycles. The van der Waals surface area contributed by atoms with Gasteiger partial charge < -0.3 is 4.90 Å². The van der Waals surface area contributed by atoms with E-state index < -0.39 is 5.41 Å². The van der Waals surface area contributed by atoms with E-state index in [0.717, 1.165) is 26.1 Å². The summed E-state index contributed by atoms with van der Waals surface area (Å²) in [5.41, 5.74) is 1.79. The van der Waals surface area contributed by atoms with Crippen LogP contribution in [0.25, 0.3) is 0 Å². The van der Waals surface area contributed by atoms with Crippen LogP contribution >= 0.6 is 0 Å². The summed E-state index contributed by atoms with van der Waals surface area (Å²) in [6.45, 7) is 10.8. The number of amides is 1. The monoisotopic (exact) mass is 201 g/mol. The van der Waals surface area contributed by atoms with Crippen LogP contribution in [-0.2, 0) is 4.79 Å². The Morgan fingerprint density at radius 2 is 2.00 bits per heavy atom. The third kappa shape index (κ3) is 4.07. The summed E-state index contributed by atoms with van der Waals surface area (Å²) in [6.07, 6.45) is 1.11. The number of carbonyl (C=O) groups is 1. The van der Waals surface area contributed by atoms with Gasteiger partial charge in [0.05, 0.1) is 5.41 Å². The summed E-state index contributed by atoms with van der Waals surface area (Å²) >= 11 is 0.